The van der Waals surface area contributed by atoms with Crippen LogP contribution in [0.15, 0.2) is 59.1 Å². The van der Waals surface area contributed by atoms with Crippen molar-refractivity contribution in [1.29, 1.82) is 0 Å². The van der Waals surface area contributed by atoms with Crippen molar-refractivity contribution in [3.05, 3.63) is 82.7 Å². The van der Waals surface area contributed by atoms with Gasteiger partial charge in [0.15, 0.2) is 11.5 Å². The second-order valence-corrected chi connectivity index (χ2v) is 9.19. The second kappa shape index (κ2) is 11.7. The number of hydrogen-bond acceptors (Lipinski definition) is 5. The van der Waals surface area contributed by atoms with Crippen molar-refractivity contribution in [2.24, 2.45) is 5.92 Å². The number of nitrogens with one attached hydrogen (secondary N) is 1. The van der Waals surface area contributed by atoms with Crippen LogP contribution in [0.25, 0.3) is 0 Å². The molecule has 1 fully saturated rings. The number of carbonyl (C=O) groups excluding carboxylic acids is 2. The number of methoxy groups -OCH3 is 1. The molecule has 1 saturated carbocycles. The number of aryl methyl sites for hydroxylation is 1. The van der Waals surface area contributed by atoms with Gasteiger partial charge in [-0.2, -0.15) is 0 Å². The first kappa shape index (κ1) is 24.5. The lowest BCUT2D eigenvalue weighted by atomic mass is 10.1. The lowest BCUT2D eigenvalue weighted by Gasteiger charge is -2.24. The third-order valence-corrected chi connectivity index (χ3v) is 6.56. The van der Waals surface area contributed by atoms with Crippen molar-refractivity contribution < 1.29 is 18.8 Å². The molecule has 1 aromatic heterocycles. The molecule has 1 aliphatic carbocycles. The van der Waals surface area contributed by atoms with Crippen LogP contribution in [0.1, 0.15) is 58.6 Å². The number of aromatic nitrogens is 1. The molecule has 7 nitrogen and oxygen atoms in total. The van der Waals surface area contributed by atoms with Crippen LogP contribution in [-0.4, -0.2) is 35.5 Å². The van der Waals surface area contributed by atoms with E-state index in [4.69, 9.17) is 9.26 Å². The Morgan fingerprint density at radius 1 is 1.06 bits per heavy atom. The standard InChI is InChI=1S/C28H33N3O4/c1-20-7-9-22(10-8-20)18-29-27(32)26-17-25(35-30-26)19-31(28(33)23-5-3-4-6-23)16-15-21-11-13-24(34-2)14-12-21/h7-14,17,23H,3-6,15-16,18-19H2,1-2H3,(H,29,32). The molecule has 4 rings (SSSR count). The number of benzene rings is 2. The van der Waals surface area contributed by atoms with Gasteiger partial charge >= 0.3 is 0 Å². The minimum atomic E-state index is -0.299. The third-order valence-electron chi connectivity index (χ3n) is 6.56. The van der Waals surface area contributed by atoms with Crippen molar-refractivity contribution in [3.63, 3.8) is 0 Å². The normalized spacial score (nSPS) is 13.5. The Bertz CT molecular complexity index is 1120. The summed E-state index contributed by atoms with van der Waals surface area (Å²) in [4.78, 5) is 27.7. The maximum atomic E-state index is 13.3. The van der Waals surface area contributed by atoms with Gasteiger partial charge in [-0.05, 0) is 49.4 Å². The van der Waals surface area contributed by atoms with Crippen molar-refractivity contribution in [2.75, 3.05) is 13.7 Å². The summed E-state index contributed by atoms with van der Waals surface area (Å²) in [6, 6.07) is 17.5. The summed E-state index contributed by atoms with van der Waals surface area (Å²) in [5.74, 6) is 1.23. The van der Waals surface area contributed by atoms with Crippen LogP contribution in [0.4, 0.5) is 0 Å². The van der Waals surface area contributed by atoms with E-state index < -0.39 is 0 Å². The molecule has 1 aliphatic rings. The van der Waals surface area contributed by atoms with Gasteiger partial charge in [0, 0.05) is 25.1 Å². The molecule has 0 spiro atoms. The van der Waals surface area contributed by atoms with Crippen LogP contribution in [0.3, 0.4) is 0 Å². The molecule has 0 saturated heterocycles. The van der Waals surface area contributed by atoms with E-state index in [2.05, 4.69) is 10.5 Å². The number of amides is 2. The Balaban J connectivity index is 1.38. The molecule has 1 heterocycles. The average molecular weight is 476 g/mol. The molecule has 0 aliphatic heterocycles. The van der Waals surface area contributed by atoms with E-state index >= 15 is 0 Å². The highest BCUT2D eigenvalue weighted by atomic mass is 16.5. The highest BCUT2D eigenvalue weighted by Gasteiger charge is 2.28. The Morgan fingerprint density at radius 3 is 2.43 bits per heavy atom. The highest BCUT2D eigenvalue weighted by molar-refractivity contribution is 5.92. The van der Waals surface area contributed by atoms with Gasteiger partial charge in [-0.25, -0.2) is 0 Å². The number of carbonyl (C=O) groups is 2. The SMILES string of the molecule is COc1ccc(CCN(Cc2cc(C(=O)NCc3ccc(C)cc3)no2)C(=O)C2CCCC2)cc1. The van der Waals surface area contributed by atoms with Gasteiger partial charge in [0.2, 0.25) is 5.91 Å². The third kappa shape index (κ3) is 6.72. The molecule has 0 radical (unpaired) electrons. The fourth-order valence-corrected chi connectivity index (χ4v) is 4.42. The minimum Gasteiger partial charge on any atom is -0.497 e. The lowest BCUT2D eigenvalue weighted by Crippen LogP contribution is -2.36. The number of rotatable bonds is 10. The molecule has 0 bridgehead atoms. The van der Waals surface area contributed by atoms with Crippen molar-refractivity contribution in [1.82, 2.24) is 15.4 Å². The van der Waals surface area contributed by atoms with Crippen LogP contribution in [-0.2, 0) is 24.3 Å². The lowest BCUT2D eigenvalue weighted by molar-refractivity contribution is -0.136. The molecule has 2 amide bonds. The summed E-state index contributed by atoms with van der Waals surface area (Å²) in [6.45, 7) is 3.30. The highest BCUT2D eigenvalue weighted by Crippen LogP contribution is 2.27. The monoisotopic (exact) mass is 475 g/mol. The molecule has 2 aromatic carbocycles. The zero-order chi connectivity index (χ0) is 24.6. The predicted octanol–water partition coefficient (Wildman–Crippen LogP) is 4.68. The molecule has 3 aromatic rings. The largest absolute Gasteiger partial charge is 0.497 e. The van der Waals surface area contributed by atoms with Gasteiger partial charge in [0.1, 0.15) is 5.75 Å². The predicted molar refractivity (Wildman–Crippen MR) is 133 cm³/mol. The van der Waals surface area contributed by atoms with E-state index in [1.54, 1.807) is 13.2 Å². The Kier molecular flexibility index (Phi) is 8.19. The van der Waals surface area contributed by atoms with Crippen LogP contribution in [0, 0.1) is 12.8 Å². The molecular formula is C28H33N3O4. The van der Waals surface area contributed by atoms with E-state index in [1.807, 2.05) is 60.4 Å². The van der Waals surface area contributed by atoms with Gasteiger partial charge in [-0.1, -0.05) is 60.0 Å². The van der Waals surface area contributed by atoms with Gasteiger partial charge in [-0.15, -0.1) is 0 Å². The zero-order valence-electron chi connectivity index (χ0n) is 20.5. The topological polar surface area (TPSA) is 84.7 Å². The summed E-state index contributed by atoms with van der Waals surface area (Å²) >= 11 is 0. The first-order valence-electron chi connectivity index (χ1n) is 12.2. The van der Waals surface area contributed by atoms with Crippen LogP contribution in [0.2, 0.25) is 0 Å². The van der Waals surface area contributed by atoms with Crippen molar-refractivity contribution in [3.8, 4) is 5.75 Å². The first-order valence-corrected chi connectivity index (χ1v) is 12.2. The van der Waals surface area contributed by atoms with Gasteiger partial charge in [0.05, 0.1) is 13.7 Å². The Labute approximate surface area is 206 Å². The minimum absolute atomic E-state index is 0.0612. The number of hydrogen-bond donors (Lipinski definition) is 1. The summed E-state index contributed by atoms with van der Waals surface area (Å²) in [6.07, 6.45) is 4.77. The average Bonchev–Trinajstić information content (AvgIpc) is 3.59. The van der Waals surface area contributed by atoms with Crippen molar-refractivity contribution >= 4 is 11.8 Å². The summed E-state index contributed by atoms with van der Waals surface area (Å²) in [7, 11) is 1.64. The maximum Gasteiger partial charge on any atom is 0.273 e. The maximum absolute atomic E-state index is 13.3. The summed E-state index contributed by atoms with van der Waals surface area (Å²) in [5.41, 5.74) is 3.53. The summed E-state index contributed by atoms with van der Waals surface area (Å²) in [5, 5.41) is 6.82. The second-order valence-electron chi connectivity index (χ2n) is 9.19. The Morgan fingerprint density at radius 2 is 1.74 bits per heavy atom. The van der Waals surface area contributed by atoms with E-state index in [0.717, 1.165) is 49.0 Å². The zero-order valence-corrected chi connectivity index (χ0v) is 20.5. The Hall–Kier alpha value is -3.61. The van der Waals surface area contributed by atoms with Crippen LogP contribution in [0.5, 0.6) is 5.75 Å². The van der Waals surface area contributed by atoms with E-state index in [-0.39, 0.29) is 23.4 Å². The fourth-order valence-electron chi connectivity index (χ4n) is 4.42. The fraction of sp³-hybridized carbons (Fsp3) is 0.393. The number of ether oxygens (including phenoxy) is 1. The molecule has 1 N–H and O–H groups in total. The smallest absolute Gasteiger partial charge is 0.273 e. The number of nitrogens with zero attached hydrogens (tertiary/aromatic N) is 2. The summed E-state index contributed by atoms with van der Waals surface area (Å²) < 4.78 is 10.7. The molecule has 7 heteroatoms. The first-order chi connectivity index (χ1) is 17.0. The molecule has 35 heavy (non-hydrogen) atoms. The molecule has 0 unspecified atom stereocenters. The van der Waals surface area contributed by atoms with Gasteiger partial charge in [0.25, 0.3) is 5.91 Å². The van der Waals surface area contributed by atoms with E-state index in [0.29, 0.717) is 25.4 Å². The molecular weight excluding hydrogens is 442 g/mol. The molecule has 0 atom stereocenters. The van der Waals surface area contributed by atoms with E-state index in [9.17, 15) is 9.59 Å². The van der Waals surface area contributed by atoms with Gasteiger partial charge < -0.3 is 19.5 Å². The quantitative estimate of drug-likeness (QED) is 0.460. The van der Waals surface area contributed by atoms with Crippen molar-refractivity contribution in [2.45, 2.75) is 52.1 Å². The molecule has 184 valence electrons. The van der Waals surface area contributed by atoms with Crippen LogP contribution >= 0.6 is 0 Å². The van der Waals surface area contributed by atoms with Gasteiger partial charge in [-0.3, -0.25) is 9.59 Å². The van der Waals surface area contributed by atoms with Crippen LogP contribution < -0.4 is 10.1 Å². The van der Waals surface area contributed by atoms with E-state index in [1.165, 1.54) is 5.56 Å².